The van der Waals surface area contributed by atoms with Gasteiger partial charge in [0.25, 0.3) is 0 Å². The van der Waals surface area contributed by atoms with E-state index in [-0.39, 0.29) is 16.1 Å². The van der Waals surface area contributed by atoms with Gasteiger partial charge < -0.3 is 0 Å². The number of nitriles is 2. The van der Waals surface area contributed by atoms with E-state index in [1.54, 1.807) is 0 Å². The van der Waals surface area contributed by atoms with Gasteiger partial charge in [-0.05, 0) is 12.1 Å². The standard InChI is InChI=1S/C8H2BClN2/c9-7-1-5(3-11)8(10)6(2-7)4-12/h1-2H. The first kappa shape index (κ1) is 8.65. The van der Waals surface area contributed by atoms with Crippen molar-refractivity contribution in [3.63, 3.8) is 0 Å². The SMILES string of the molecule is [B]c1cc(C#N)c(Cl)c(C#N)c1. The van der Waals surface area contributed by atoms with Gasteiger partial charge in [-0.1, -0.05) is 17.1 Å². The average molecular weight is 172 g/mol. The highest BCUT2D eigenvalue weighted by Crippen LogP contribution is 2.17. The lowest BCUT2D eigenvalue weighted by molar-refractivity contribution is 1.46. The van der Waals surface area contributed by atoms with Crippen LogP contribution < -0.4 is 5.46 Å². The fourth-order valence-corrected chi connectivity index (χ4v) is 1.00. The summed E-state index contributed by atoms with van der Waals surface area (Å²) in [5.74, 6) is 0. The van der Waals surface area contributed by atoms with E-state index in [4.69, 9.17) is 30.0 Å². The molecule has 0 N–H and O–H groups in total. The number of halogens is 1. The van der Waals surface area contributed by atoms with Crippen LogP contribution in [0.3, 0.4) is 0 Å². The zero-order chi connectivity index (χ0) is 9.14. The highest BCUT2D eigenvalue weighted by molar-refractivity contribution is 6.36. The van der Waals surface area contributed by atoms with Crippen molar-refractivity contribution in [2.24, 2.45) is 0 Å². The Balaban J connectivity index is 3.48. The highest BCUT2D eigenvalue weighted by atomic mass is 35.5. The van der Waals surface area contributed by atoms with Gasteiger partial charge in [0.15, 0.2) is 0 Å². The minimum atomic E-state index is 0.161. The van der Waals surface area contributed by atoms with Crippen molar-refractivity contribution < 1.29 is 0 Å². The summed E-state index contributed by atoms with van der Waals surface area (Å²) in [5.41, 5.74) is 0.828. The fourth-order valence-electron chi connectivity index (χ4n) is 0.810. The molecule has 0 heterocycles. The molecule has 12 heavy (non-hydrogen) atoms. The summed E-state index contributed by atoms with van der Waals surface area (Å²) in [5, 5.41) is 17.3. The summed E-state index contributed by atoms with van der Waals surface area (Å²) >= 11 is 5.68. The van der Waals surface area contributed by atoms with Crippen LogP contribution in [0.4, 0.5) is 0 Å². The fraction of sp³-hybridized carbons (Fsp3) is 0. The molecule has 1 rings (SSSR count). The summed E-state index contributed by atoms with van der Waals surface area (Å²) in [6.45, 7) is 0. The van der Waals surface area contributed by atoms with Crippen molar-refractivity contribution in [1.29, 1.82) is 10.5 Å². The largest absolute Gasteiger partial charge is 0.192 e. The van der Waals surface area contributed by atoms with E-state index in [9.17, 15) is 0 Å². The van der Waals surface area contributed by atoms with Gasteiger partial charge in [0.05, 0.1) is 16.1 Å². The molecule has 0 aliphatic heterocycles. The minimum Gasteiger partial charge on any atom is -0.192 e. The number of nitrogens with zero attached hydrogens (tertiary/aromatic N) is 2. The van der Waals surface area contributed by atoms with E-state index < -0.39 is 0 Å². The van der Waals surface area contributed by atoms with Crippen LogP contribution in [0.15, 0.2) is 12.1 Å². The van der Waals surface area contributed by atoms with Crippen LogP contribution >= 0.6 is 11.6 Å². The molecule has 0 aromatic heterocycles. The maximum Gasteiger partial charge on any atom is 0.113 e. The number of benzene rings is 1. The van der Waals surface area contributed by atoms with E-state index in [2.05, 4.69) is 0 Å². The molecule has 0 atom stereocenters. The minimum absolute atomic E-state index is 0.161. The van der Waals surface area contributed by atoms with E-state index in [0.717, 1.165) is 0 Å². The molecule has 0 saturated heterocycles. The molecule has 2 radical (unpaired) electrons. The third kappa shape index (κ3) is 1.42. The molecule has 2 nitrogen and oxygen atoms in total. The van der Waals surface area contributed by atoms with Crippen LogP contribution in [0.1, 0.15) is 11.1 Å². The Labute approximate surface area is 76.4 Å². The number of hydrogen-bond acceptors (Lipinski definition) is 2. The van der Waals surface area contributed by atoms with Crippen LogP contribution in [0.5, 0.6) is 0 Å². The third-order valence-corrected chi connectivity index (χ3v) is 1.74. The lowest BCUT2D eigenvalue weighted by Crippen LogP contribution is -2.04. The second kappa shape index (κ2) is 3.30. The molecular weight excluding hydrogens is 170 g/mol. The van der Waals surface area contributed by atoms with Gasteiger partial charge in [-0.2, -0.15) is 10.5 Å². The maximum atomic E-state index is 8.56. The second-order valence-corrected chi connectivity index (χ2v) is 2.53. The summed E-state index contributed by atoms with van der Waals surface area (Å²) in [4.78, 5) is 0. The Kier molecular flexibility index (Phi) is 2.38. The molecule has 1 aromatic carbocycles. The first-order chi connectivity index (χ1) is 5.69. The smallest absolute Gasteiger partial charge is 0.113 e. The normalized spacial score (nSPS) is 8.58. The molecule has 54 valence electrons. The summed E-state index contributed by atoms with van der Waals surface area (Å²) < 4.78 is 0. The lowest BCUT2D eigenvalue weighted by Gasteiger charge is -1.99. The molecule has 0 aliphatic rings. The van der Waals surface area contributed by atoms with Crippen LogP contribution in [-0.4, -0.2) is 7.85 Å². The predicted molar refractivity (Wildman–Crippen MR) is 46.3 cm³/mol. The van der Waals surface area contributed by atoms with E-state index >= 15 is 0 Å². The molecule has 0 amide bonds. The summed E-state index contributed by atoms with van der Waals surface area (Å²) in [6, 6.07) is 6.56. The van der Waals surface area contributed by atoms with Crippen molar-refractivity contribution in [1.82, 2.24) is 0 Å². The second-order valence-electron chi connectivity index (χ2n) is 2.15. The monoisotopic (exact) mass is 172 g/mol. The van der Waals surface area contributed by atoms with Gasteiger partial charge in [0, 0.05) is 0 Å². The van der Waals surface area contributed by atoms with Crippen LogP contribution in [0, 0.1) is 22.7 Å². The highest BCUT2D eigenvalue weighted by Gasteiger charge is 2.05. The topological polar surface area (TPSA) is 47.6 Å². The van der Waals surface area contributed by atoms with Crippen LogP contribution in [-0.2, 0) is 0 Å². The quantitative estimate of drug-likeness (QED) is 0.545. The van der Waals surface area contributed by atoms with Crippen molar-refractivity contribution in [2.45, 2.75) is 0 Å². The lowest BCUT2D eigenvalue weighted by atomic mass is 9.92. The third-order valence-electron chi connectivity index (χ3n) is 1.34. The van der Waals surface area contributed by atoms with Gasteiger partial charge in [0.2, 0.25) is 0 Å². The molecule has 0 saturated carbocycles. The summed E-state index contributed by atoms with van der Waals surface area (Å²) in [7, 11) is 5.42. The number of hydrogen-bond donors (Lipinski definition) is 0. The van der Waals surface area contributed by atoms with Crippen molar-refractivity contribution in [2.75, 3.05) is 0 Å². The van der Waals surface area contributed by atoms with E-state index in [1.165, 1.54) is 12.1 Å². The molecule has 1 aromatic rings. The maximum absolute atomic E-state index is 8.56. The Morgan fingerprint density at radius 1 is 1.17 bits per heavy atom. The van der Waals surface area contributed by atoms with Crippen molar-refractivity contribution >= 4 is 24.9 Å². The zero-order valence-corrected chi connectivity index (χ0v) is 6.76. The number of rotatable bonds is 0. The molecular formula is C8H2BClN2. The molecule has 0 bridgehead atoms. The van der Waals surface area contributed by atoms with E-state index in [1.807, 2.05) is 12.1 Å². The van der Waals surface area contributed by atoms with Gasteiger partial charge in [-0.25, -0.2) is 0 Å². The Bertz CT molecular complexity index is 365. The van der Waals surface area contributed by atoms with Crippen molar-refractivity contribution in [3.05, 3.63) is 28.3 Å². The van der Waals surface area contributed by atoms with Gasteiger partial charge in [-0.15, -0.1) is 0 Å². The van der Waals surface area contributed by atoms with Crippen molar-refractivity contribution in [3.8, 4) is 12.1 Å². The molecule has 0 aliphatic carbocycles. The molecule has 0 unspecified atom stereocenters. The van der Waals surface area contributed by atoms with Gasteiger partial charge >= 0.3 is 0 Å². The molecule has 0 fully saturated rings. The van der Waals surface area contributed by atoms with Crippen LogP contribution in [0.2, 0.25) is 5.02 Å². The van der Waals surface area contributed by atoms with Gasteiger partial charge in [0.1, 0.15) is 20.0 Å². The van der Waals surface area contributed by atoms with Gasteiger partial charge in [-0.3, -0.25) is 0 Å². The average Bonchev–Trinajstić information content (AvgIpc) is 2.08. The summed E-state index contributed by atoms with van der Waals surface area (Å²) in [6.07, 6.45) is 0. The predicted octanol–water partition coefficient (Wildman–Crippen LogP) is 0.877. The zero-order valence-electron chi connectivity index (χ0n) is 6.00. The van der Waals surface area contributed by atoms with Crippen LogP contribution in [0.25, 0.3) is 0 Å². The molecule has 0 spiro atoms. The van der Waals surface area contributed by atoms with E-state index in [0.29, 0.717) is 5.46 Å². The molecule has 4 heteroatoms. The first-order valence-corrected chi connectivity index (χ1v) is 3.46. The Hall–Kier alpha value is -1.45. The first-order valence-electron chi connectivity index (χ1n) is 3.08. The Morgan fingerprint density at radius 3 is 1.92 bits per heavy atom. The Morgan fingerprint density at radius 2 is 1.58 bits per heavy atom.